The first kappa shape index (κ1) is 12.0. The molecule has 0 unspecified atom stereocenters. The maximum absolute atomic E-state index is 5.88. The zero-order chi connectivity index (χ0) is 12.1. The summed E-state index contributed by atoms with van der Waals surface area (Å²) >= 11 is 0. The molecule has 0 spiro atoms. The second-order valence-electron chi connectivity index (χ2n) is 4.25. The van der Waals surface area contributed by atoms with Gasteiger partial charge in [-0.1, -0.05) is 0 Å². The lowest BCUT2D eigenvalue weighted by molar-refractivity contribution is 0.342. The topological polar surface area (TPSA) is 50.5 Å². The molecule has 1 aromatic rings. The molecule has 0 amide bonds. The number of ether oxygens (including phenoxy) is 1. The Morgan fingerprint density at radius 2 is 2.24 bits per heavy atom. The van der Waals surface area contributed by atoms with Crippen molar-refractivity contribution >= 4 is 11.4 Å². The molecule has 1 fully saturated rings. The van der Waals surface area contributed by atoms with Crippen molar-refractivity contribution in [2.24, 2.45) is 0 Å². The lowest BCUT2D eigenvalue weighted by atomic mass is 10.2. The highest BCUT2D eigenvalue weighted by molar-refractivity contribution is 5.62. The van der Waals surface area contributed by atoms with Gasteiger partial charge < -0.3 is 20.7 Å². The fraction of sp³-hybridized carbons (Fsp3) is 0.538. The first-order chi connectivity index (χ1) is 8.31. The number of nitrogens with zero attached hydrogens (tertiary/aromatic N) is 1. The van der Waals surface area contributed by atoms with Gasteiger partial charge in [0.2, 0.25) is 0 Å². The lowest BCUT2D eigenvalue weighted by Gasteiger charge is -2.23. The van der Waals surface area contributed by atoms with Crippen molar-refractivity contribution in [3.63, 3.8) is 0 Å². The van der Waals surface area contributed by atoms with Crippen LogP contribution in [0.15, 0.2) is 18.2 Å². The van der Waals surface area contributed by atoms with E-state index in [1.54, 1.807) is 0 Å². The second-order valence-corrected chi connectivity index (χ2v) is 4.25. The number of anilines is 2. The van der Waals surface area contributed by atoms with Crippen LogP contribution >= 0.6 is 0 Å². The van der Waals surface area contributed by atoms with Gasteiger partial charge in [0, 0.05) is 31.4 Å². The smallest absolute Gasteiger partial charge is 0.144 e. The van der Waals surface area contributed by atoms with Crippen molar-refractivity contribution in [1.82, 2.24) is 5.32 Å². The standard InChI is InChI=1S/C13H21N3O/c1-2-17-13-10-11(4-5-12(13)14)16-8-3-6-15-7-9-16/h4-5,10,15H,2-3,6-9,14H2,1H3. The van der Waals surface area contributed by atoms with Gasteiger partial charge in [0.1, 0.15) is 5.75 Å². The average Bonchev–Trinajstić information content (AvgIpc) is 2.61. The van der Waals surface area contributed by atoms with Crippen LogP contribution in [0.2, 0.25) is 0 Å². The van der Waals surface area contributed by atoms with Crippen LogP contribution in [0.5, 0.6) is 5.75 Å². The molecule has 1 aromatic carbocycles. The molecule has 0 atom stereocenters. The number of rotatable bonds is 3. The van der Waals surface area contributed by atoms with Gasteiger partial charge in [0.25, 0.3) is 0 Å². The average molecular weight is 235 g/mol. The van der Waals surface area contributed by atoms with Gasteiger partial charge in [0.15, 0.2) is 0 Å². The molecule has 1 aliphatic heterocycles. The predicted molar refractivity (Wildman–Crippen MR) is 71.7 cm³/mol. The van der Waals surface area contributed by atoms with Crippen LogP contribution in [0.25, 0.3) is 0 Å². The second kappa shape index (κ2) is 5.77. The van der Waals surface area contributed by atoms with Gasteiger partial charge in [-0.05, 0) is 32.0 Å². The molecule has 0 aromatic heterocycles. The number of nitrogens with one attached hydrogen (secondary N) is 1. The molecule has 17 heavy (non-hydrogen) atoms. The molecular weight excluding hydrogens is 214 g/mol. The van der Waals surface area contributed by atoms with E-state index in [4.69, 9.17) is 10.5 Å². The molecule has 1 aliphatic rings. The summed E-state index contributed by atoms with van der Waals surface area (Å²) in [4.78, 5) is 2.38. The van der Waals surface area contributed by atoms with Crippen LogP contribution in [-0.2, 0) is 0 Å². The Labute approximate surface area is 103 Å². The van der Waals surface area contributed by atoms with E-state index >= 15 is 0 Å². The highest BCUT2D eigenvalue weighted by Crippen LogP contribution is 2.28. The monoisotopic (exact) mass is 235 g/mol. The molecule has 2 rings (SSSR count). The summed E-state index contributed by atoms with van der Waals surface area (Å²) in [5.41, 5.74) is 7.79. The zero-order valence-corrected chi connectivity index (χ0v) is 10.4. The Bertz CT molecular complexity index is 360. The fourth-order valence-electron chi connectivity index (χ4n) is 2.10. The zero-order valence-electron chi connectivity index (χ0n) is 10.4. The molecule has 4 nitrogen and oxygen atoms in total. The number of hydrogen-bond donors (Lipinski definition) is 2. The van der Waals surface area contributed by atoms with Crippen molar-refractivity contribution in [2.75, 3.05) is 43.4 Å². The van der Waals surface area contributed by atoms with Gasteiger partial charge in [0.05, 0.1) is 12.3 Å². The third kappa shape index (κ3) is 3.03. The maximum Gasteiger partial charge on any atom is 0.144 e. The molecule has 0 radical (unpaired) electrons. The Hall–Kier alpha value is -1.42. The van der Waals surface area contributed by atoms with Crippen molar-refractivity contribution in [2.45, 2.75) is 13.3 Å². The van der Waals surface area contributed by atoms with Crippen molar-refractivity contribution < 1.29 is 4.74 Å². The van der Waals surface area contributed by atoms with Gasteiger partial charge in [-0.2, -0.15) is 0 Å². The van der Waals surface area contributed by atoms with Crippen molar-refractivity contribution in [3.8, 4) is 5.75 Å². The number of benzene rings is 1. The van der Waals surface area contributed by atoms with E-state index in [1.807, 2.05) is 19.1 Å². The van der Waals surface area contributed by atoms with E-state index in [0.29, 0.717) is 12.3 Å². The lowest BCUT2D eigenvalue weighted by Crippen LogP contribution is -2.27. The van der Waals surface area contributed by atoms with E-state index < -0.39 is 0 Å². The Balaban J connectivity index is 2.16. The minimum Gasteiger partial charge on any atom is -0.492 e. The Kier molecular flexibility index (Phi) is 4.09. The highest BCUT2D eigenvalue weighted by atomic mass is 16.5. The summed E-state index contributed by atoms with van der Waals surface area (Å²) < 4.78 is 5.53. The molecule has 4 heteroatoms. The molecule has 94 valence electrons. The number of nitrogen functional groups attached to an aromatic ring is 1. The first-order valence-corrected chi connectivity index (χ1v) is 6.29. The third-order valence-corrected chi connectivity index (χ3v) is 3.00. The van der Waals surface area contributed by atoms with Crippen LogP contribution in [0.3, 0.4) is 0 Å². The maximum atomic E-state index is 5.88. The molecule has 0 aliphatic carbocycles. The largest absolute Gasteiger partial charge is 0.492 e. The van der Waals surface area contributed by atoms with Crippen LogP contribution in [0.4, 0.5) is 11.4 Å². The Morgan fingerprint density at radius 3 is 3.06 bits per heavy atom. The Morgan fingerprint density at radius 1 is 1.35 bits per heavy atom. The summed E-state index contributed by atoms with van der Waals surface area (Å²) in [6.45, 7) is 6.88. The predicted octanol–water partition coefficient (Wildman–Crippen LogP) is 1.47. The van der Waals surface area contributed by atoms with E-state index in [-0.39, 0.29) is 0 Å². The summed E-state index contributed by atoms with van der Waals surface area (Å²) in [5, 5.41) is 3.40. The van der Waals surface area contributed by atoms with E-state index in [9.17, 15) is 0 Å². The van der Waals surface area contributed by atoms with Crippen LogP contribution in [0.1, 0.15) is 13.3 Å². The summed E-state index contributed by atoms with van der Waals surface area (Å²) in [5.74, 6) is 0.794. The minimum atomic E-state index is 0.648. The van der Waals surface area contributed by atoms with E-state index in [1.165, 1.54) is 12.1 Å². The quantitative estimate of drug-likeness (QED) is 0.779. The SMILES string of the molecule is CCOc1cc(N2CCCNCC2)ccc1N. The van der Waals surface area contributed by atoms with Crippen LogP contribution < -0.4 is 20.7 Å². The molecule has 3 N–H and O–H groups in total. The fourth-order valence-corrected chi connectivity index (χ4v) is 2.10. The summed E-state index contributed by atoms with van der Waals surface area (Å²) in [6, 6.07) is 6.05. The first-order valence-electron chi connectivity index (χ1n) is 6.29. The molecule has 0 bridgehead atoms. The van der Waals surface area contributed by atoms with Crippen LogP contribution in [0, 0.1) is 0 Å². The molecular formula is C13H21N3O. The van der Waals surface area contributed by atoms with Crippen LogP contribution in [-0.4, -0.2) is 32.8 Å². The van der Waals surface area contributed by atoms with Gasteiger partial charge in [-0.3, -0.25) is 0 Å². The van der Waals surface area contributed by atoms with Gasteiger partial charge in [-0.25, -0.2) is 0 Å². The third-order valence-electron chi connectivity index (χ3n) is 3.00. The van der Waals surface area contributed by atoms with Gasteiger partial charge in [-0.15, -0.1) is 0 Å². The molecule has 1 saturated heterocycles. The number of hydrogen-bond acceptors (Lipinski definition) is 4. The van der Waals surface area contributed by atoms with E-state index in [0.717, 1.165) is 31.9 Å². The normalized spacial score (nSPS) is 16.6. The van der Waals surface area contributed by atoms with E-state index in [2.05, 4.69) is 16.3 Å². The highest BCUT2D eigenvalue weighted by Gasteiger charge is 2.11. The number of nitrogens with two attached hydrogens (primary N) is 1. The van der Waals surface area contributed by atoms with Crippen molar-refractivity contribution in [3.05, 3.63) is 18.2 Å². The minimum absolute atomic E-state index is 0.648. The molecule has 1 heterocycles. The van der Waals surface area contributed by atoms with Crippen molar-refractivity contribution in [1.29, 1.82) is 0 Å². The van der Waals surface area contributed by atoms with Gasteiger partial charge >= 0.3 is 0 Å². The summed E-state index contributed by atoms with van der Waals surface area (Å²) in [7, 11) is 0. The molecule has 0 saturated carbocycles. The summed E-state index contributed by atoms with van der Waals surface area (Å²) in [6.07, 6.45) is 1.17.